The van der Waals surface area contributed by atoms with E-state index in [9.17, 15) is 28.1 Å². The molecule has 9 heteroatoms. The van der Waals surface area contributed by atoms with E-state index in [1.165, 1.54) is 0 Å². The molecule has 0 aliphatic rings. The van der Waals surface area contributed by atoms with Crippen LogP contribution in [-0.2, 0) is 0 Å². The van der Waals surface area contributed by atoms with Gasteiger partial charge < -0.3 is 10.2 Å². The number of anilines is 2. The van der Waals surface area contributed by atoms with Crippen molar-refractivity contribution in [1.29, 1.82) is 0 Å². The minimum atomic E-state index is -2.07. The highest BCUT2D eigenvalue weighted by Gasteiger charge is 2.28. The molecule has 138 valence electrons. The summed E-state index contributed by atoms with van der Waals surface area (Å²) in [4.78, 5) is 23.7. The molecule has 2 aromatic carbocycles. The van der Waals surface area contributed by atoms with Crippen molar-refractivity contribution in [3.8, 4) is 0 Å². The van der Waals surface area contributed by atoms with E-state index in [4.69, 9.17) is 0 Å². The summed E-state index contributed by atoms with van der Waals surface area (Å²) in [5.41, 5.74) is -1.09. The number of nitro benzene ring substituents is 1. The van der Waals surface area contributed by atoms with Gasteiger partial charge >= 0.3 is 5.69 Å². The first-order valence-electron chi connectivity index (χ1n) is 7.78. The Balaban J connectivity index is 2.29. The quantitative estimate of drug-likeness (QED) is 0.474. The Hall–Kier alpha value is -3.10. The Morgan fingerprint density at radius 1 is 1.08 bits per heavy atom. The third-order valence-corrected chi connectivity index (χ3v) is 3.82. The van der Waals surface area contributed by atoms with E-state index in [1.807, 2.05) is 13.8 Å². The molecule has 0 atom stereocenters. The zero-order chi connectivity index (χ0) is 19.4. The Morgan fingerprint density at radius 2 is 1.65 bits per heavy atom. The summed E-state index contributed by atoms with van der Waals surface area (Å²) in [6.45, 7) is 5.54. The number of hydrogen-bond donors (Lipinski definition) is 1. The first-order chi connectivity index (χ1) is 12.3. The second kappa shape index (κ2) is 7.85. The van der Waals surface area contributed by atoms with E-state index >= 15 is 0 Å². The van der Waals surface area contributed by atoms with Crippen LogP contribution in [0.25, 0.3) is 0 Å². The average molecular weight is 367 g/mol. The van der Waals surface area contributed by atoms with Gasteiger partial charge in [0.05, 0.1) is 10.5 Å². The van der Waals surface area contributed by atoms with Gasteiger partial charge in [0.2, 0.25) is 11.6 Å². The molecule has 0 heterocycles. The van der Waals surface area contributed by atoms with Crippen molar-refractivity contribution in [2.24, 2.45) is 0 Å². The maximum Gasteiger partial charge on any atom is 0.308 e. The third-order valence-electron chi connectivity index (χ3n) is 3.82. The van der Waals surface area contributed by atoms with Crippen LogP contribution in [0.4, 0.5) is 30.2 Å². The van der Waals surface area contributed by atoms with Gasteiger partial charge in [-0.15, -0.1) is 0 Å². The number of carbonyl (C=O) groups is 1. The number of carbonyl (C=O) groups excluding carboxylic acids is 1. The first kappa shape index (κ1) is 19.2. The monoisotopic (exact) mass is 367 g/mol. The number of nitrogens with one attached hydrogen (secondary N) is 1. The minimum Gasteiger partial charge on any atom is -0.372 e. The molecule has 6 nitrogen and oxygen atoms in total. The summed E-state index contributed by atoms with van der Waals surface area (Å²) in [6, 6.07) is 6.93. The fourth-order valence-corrected chi connectivity index (χ4v) is 2.43. The van der Waals surface area contributed by atoms with Crippen molar-refractivity contribution in [3.05, 3.63) is 63.5 Å². The van der Waals surface area contributed by atoms with Crippen LogP contribution in [-0.4, -0.2) is 23.9 Å². The van der Waals surface area contributed by atoms with Crippen LogP contribution in [0.15, 0.2) is 30.3 Å². The van der Waals surface area contributed by atoms with Crippen molar-refractivity contribution in [2.75, 3.05) is 23.3 Å². The summed E-state index contributed by atoms with van der Waals surface area (Å²) in [5.74, 6) is -6.93. The predicted molar refractivity (Wildman–Crippen MR) is 90.9 cm³/mol. The van der Waals surface area contributed by atoms with Crippen molar-refractivity contribution in [3.63, 3.8) is 0 Å². The lowest BCUT2D eigenvalue weighted by atomic mass is 10.1. The van der Waals surface area contributed by atoms with Crippen LogP contribution in [0.1, 0.15) is 24.2 Å². The lowest BCUT2D eigenvalue weighted by Gasteiger charge is -2.21. The van der Waals surface area contributed by atoms with E-state index in [0.29, 0.717) is 6.07 Å². The van der Waals surface area contributed by atoms with Gasteiger partial charge in [-0.1, -0.05) is 0 Å². The lowest BCUT2D eigenvalue weighted by Crippen LogP contribution is -2.21. The van der Waals surface area contributed by atoms with Gasteiger partial charge in [-0.3, -0.25) is 14.9 Å². The van der Waals surface area contributed by atoms with Crippen LogP contribution < -0.4 is 10.2 Å². The normalized spacial score (nSPS) is 10.5. The molecule has 0 saturated carbocycles. The number of amides is 1. The predicted octanol–water partition coefficient (Wildman–Crippen LogP) is 4.11. The summed E-state index contributed by atoms with van der Waals surface area (Å²) in [7, 11) is 0. The number of nitrogens with zero attached hydrogens (tertiary/aromatic N) is 2. The summed E-state index contributed by atoms with van der Waals surface area (Å²) >= 11 is 0. The molecule has 0 aromatic heterocycles. The standard InChI is InChI=1S/C17H16F3N3O3/c1-3-22(4-2)11-7-5-10(6-8-11)21-17(24)12-9-13(23(25)26)15(19)16(20)14(12)18/h5-9H,3-4H2,1-2H3,(H,21,24). The molecule has 0 saturated heterocycles. The van der Waals surface area contributed by atoms with Crippen molar-refractivity contribution in [1.82, 2.24) is 0 Å². The number of nitro groups is 1. The van der Waals surface area contributed by atoms with Crippen LogP contribution in [0.3, 0.4) is 0 Å². The van der Waals surface area contributed by atoms with E-state index in [0.717, 1.165) is 18.8 Å². The molecular weight excluding hydrogens is 351 g/mol. The van der Waals surface area contributed by atoms with Crippen LogP contribution in [0, 0.1) is 27.6 Å². The van der Waals surface area contributed by atoms with Crippen LogP contribution >= 0.6 is 0 Å². The van der Waals surface area contributed by atoms with Gasteiger partial charge in [0.1, 0.15) is 0 Å². The number of benzene rings is 2. The molecule has 2 rings (SSSR count). The smallest absolute Gasteiger partial charge is 0.308 e. The Bertz CT molecular complexity index is 837. The Kier molecular flexibility index (Phi) is 5.81. The molecule has 0 aliphatic heterocycles. The highest BCUT2D eigenvalue weighted by molar-refractivity contribution is 6.05. The molecule has 0 radical (unpaired) electrons. The molecule has 26 heavy (non-hydrogen) atoms. The summed E-state index contributed by atoms with van der Waals surface area (Å²) in [5, 5.41) is 13.0. The minimum absolute atomic E-state index is 0.276. The first-order valence-corrected chi connectivity index (χ1v) is 7.78. The lowest BCUT2D eigenvalue weighted by molar-refractivity contribution is -0.387. The van der Waals surface area contributed by atoms with E-state index in [1.54, 1.807) is 24.3 Å². The fraction of sp³-hybridized carbons (Fsp3) is 0.235. The highest BCUT2D eigenvalue weighted by Crippen LogP contribution is 2.26. The zero-order valence-corrected chi connectivity index (χ0v) is 14.1. The number of halogens is 3. The largest absolute Gasteiger partial charge is 0.372 e. The second-order valence-electron chi connectivity index (χ2n) is 5.32. The van der Waals surface area contributed by atoms with E-state index in [-0.39, 0.29) is 5.69 Å². The molecule has 2 aromatic rings. The number of hydrogen-bond acceptors (Lipinski definition) is 4. The highest BCUT2D eigenvalue weighted by atomic mass is 19.2. The third kappa shape index (κ3) is 3.76. The van der Waals surface area contributed by atoms with Gasteiger partial charge in [-0.05, 0) is 38.1 Å². The average Bonchev–Trinajstić information content (AvgIpc) is 2.62. The van der Waals surface area contributed by atoms with Gasteiger partial charge in [0.15, 0.2) is 5.82 Å². The maximum absolute atomic E-state index is 13.8. The molecule has 0 fully saturated rings. The summed E-state index contributed by atoms with van der Waals surface area (Å²) < 4.78 is 40.7. The molecular formula is C17H16F3N3O3. The molecule has 1 N–H and O–H groups in total. The van der Waals surface area contributed by atoms with Crippen molar-refractivity contribution >= 4 is 23.0 Å². The van der Waals surface area contributed by atoms with E-state index < -0.39 is 39.5 Å². The molecule has 0 unspecified atom stereocenters. The summed E-state index contributed by atoms with van der Waals surface area (Å²) in [6.07, 6.45) is 0. The maximum atomic E-state index is 13.8. The van der Waals surface area contributed by atoms with Crippen molar-refractivity contribution in [2.45, 2.75) is 13.8 Å². The van der Waals surface area contributed by atoms with Gasteiger partial charge in [0, 0.05) is 30.5 Å². The fourth-order valence-electron chi connectivity index (χ4n) is 2.43. The molecule has 0 bridgehead atoms. The van der Waals surface area contributed by atoms with Crippen LogP contribution in [0.5, 0.6) is 0 Å². The van der Waals surface area contributed by atoms with Crippen molar-refractivity contribution < 1.29 is 22.9 Å². The topological polar surface area (TPSA) is 75.5 Å². The molecule has 1 amide bonds. The Morgan fingerprint density at radius 3 is 2.15 bits per heavy atom. The number of rotatable bonds is 6. The second-order valence-corrected chi connectivity index (χ2v) is 5.32. The Labute approximate surface area is 147 Å². The molecule has 0 spiro atoms. The molecule has 0 aliphatic carbocycles. The SMILES string of the molecule is CCN(CC)c1ccc(NC(=O)c2cc([N+](=O)[O-])c(F)c(F)c2F)cc1. The van der Waals surface area contributed by atoms with Crippen LogP contribution in [0.2, 0.25) is 0 Å². The van der Waals surface area contributed by atoms with Gasteiger partial charge in [-0.25, -0.2) is 8.78 Å². The van der Waals surface area contributed by atoms with E-state index in [2.05, 4.69) is 10.2 Å². The zero-order valence-electron chi connectivity index (χ0n) is 14.1. The van der Waals surface area contributed by atoms with Gasteiger partial charge in [-0.2, -0.15) is 4.39 Å². The van der Waals surface area contributed by atoms with Gasteiger partial charge in [0.25, 0.3) is 5.91 Å².